The van der Waals surface area contributed by atoms with Crippen molar-refractivity contribution in [3.63, 3.8) is 0 Å². The molecule has 6 heteroatoms. The summed E-state index contributed by atoms with van der Waals surface area (Å²) in [5.74, 6) is -0.378. The van der Waals surface area contributed by atoms with Crippen LogP contribution < -0.4 is 5.32 Å². The van der Waals surface area contributed by atoms with Crippen molar-refractivity contribution in [1.29, 1.82) is 0 Å². The van der Waals surface area contributed by atoms with Gasteiger partial charge in [0.15, 0.2) is 0 Å². The Bertz CT molecular complexity index is 843. The van der Waals surface area contributed by atoms with Crippen LogP contribution in [0.2, 0.25) is 0 Å². The van der Waals surface area contributed by atoms with Gasteiger partial charge in [-0.2, -0.15) is 4.31 Å². The number of aryl methyl sites for hydroxylation is 3. The van der Waals surface area contributed by atoms with Crippen LogP contribution in [0.25, 0.3) is 0 Å². The molecule has 0 bridgehead atoms. The Labute approximate surface area is 143 Å². The second-order valence-corrected chi connectivity index (χ2v) is 7.97. The van der Waals surface area contributed by atoms with E-state index in [0.717, 1.165) is 21.0 Å². The standard InChI is InChI=1S/C18H22N2O3S/c1-13-5-9-17(10-6-13)24(22,23)20(4)12-18(21)19-16-8-7-14(2)15(3)11-16/h5-11H,12H2,1-4H3,(H,19,21). The van der Waals surface area contributed by atoms with Crippen molar-refractivity contribution in [3.8, 4) is 0 Å². The van der Waals surface area contributed by atoms with Crippen molar-refractivity contribution in [2.45, 2.75) is 25.7 Å². The lowest BCUT2D eigenvalue weighted by atomic mass is 10.1. The van der Waals surface area contributed by atoms with E-state index in [0.29, 0.717) is 5.69 Å². The van der Waals surface area contributed by atoms with Gasteiger partial charge in [-0.15, -0.1) is 0 Å². The molecule has 5 nitrogen and oxygen atoms in total. The highest BCUT2D eigenvalue weighted by Gasteiger charge is 2.22. The van der Waals surface area contributed by atoms with Crippen molar-refractivity contribution in [2.24, 2.45) is 0 Å². The van der Waals surface area contributed by atoms with Crippen LogP contribution >= 0.6 is 0 Å². The summed E-state index contributed by atoms with van der Waals surface area (Å²) >= 11 is 0. The number of carbonyl (C=O) groups excluding carboxylic acids is 1. The summed E-state index contributed by atoms with van der Waals surface area (Å²) in [6, 6.07) is 12.1. The van der Waals surface area contributed by atoms with Gasteiger partial charge >= 0.3 is 0 Å². The number of nitrogens with one attached hydrogen (secondary N) is 1. The Kier molecular flexibility index (Phi) is 5.41. The lowest BCUT2D eigenvalue weighted by Crippen LogP contribution is -2.35. The van der Waals surface area contributed by atoms with E-state index in [1.54, 1.807) is 30.3 Å². The Morgan fingerprint density at radius 1 is 1.00 bits per heavy atom. The van der Waals surface area contributed by atoms with Crippen LogP contribution in [-0.4, -0.2) is 32.2 Å². The van der Waals surface area contributed by atoms with E-state index in [1.165, 1.54) is 7.05 Å². The van der Waals surface area contributed by atoms with E-state index in [-0.39, 0.29) is 17.3 Å². The topological polar surface area (TPSA) is 66.5 Å². The molecule has 0 aliphatic rings. The van der Waals surface area contributed by atoms with Crippen molar-refractivity contribution in [1.82, 2.24) is 4.31 Å². The summed E-state index contributed by atoms with van der Waals surface area (Å²) in [6.07, 6.45) is 0. The van der Waals surface area contributed by atoms with Crippen LogP contribution in [0.4, 0.5) is 5.69 Å². The number of nitrogens with zero attached hydrogens (tertiary/aromatic N) is 1. The van der Waals surface area contributed by atoms with Gasteiger partial charge in [-0.05, 0) is 56.2 Å². The van der Waals surface area contributed by atoms with Crippen LogP contribution in [0, 0.1) is 20.8 Å². The first kappa shape index (κ1) is 18.2. The van der Waals surface area contributed by atoms with Crippen molar-refractivity contribution >= 4 is 21.6 Å². The van der Waals surface area contributed by atoms with Gasteiger partial charge in [0.25, 0.3) is 0 Å². The van der Waals surface area contributed by atoms with Crippen LogP contribution in [0.3, 0.4) is 0 Å². The van der Waals surface area contributed by atoms with Gasteiger partial charge in [0.1, 0.15) is 0 Å². The van der Waals surface area contributed by atoms with Gasteiger partial charge in [-0.25, -0.2) is 8.42 Å². The maximum Gasteiger partial charge on any atom is 0.243 e. The molecule has 0 atom stereocenters. The Hall–Kier alpha value is -2.18. The molecule has 1 amide bonds. The smallest absolute Gasteiger partial charge is 0.243 e. The first-order chi connectivity index (χ1) is 11.2. The molecule has 0 saturated carbocycles. The number of anilines is 1. The summed E-state index contributed by atoms with van der Waals surface area (Å²) in [4.78, 5) is 12.3. The lowest BCUT2D eigenvalue weighted by molar-refractivity contribution is -0.116. The Morgan fingerprint density at radius 3 is 2.21 bits per heavy atom. The second-order valence-electron chi connectivity index (χ2n) is 5.92. The predicted molar refractivity (Wildman–Crippen MR) is 95.5 cm³/mol. The molecule has 0 fully saturated rings. The highest BCUT2D eigenvalue weighted by molar-refractivity contribution is 7.89. The molecule has 0 spiro atoms. The van der Waals surface area contributed by atoms with Gasteiger partial charge in [0.2, 0.25) is 15.9 Å². The molecular formula is C18H22N2O3S. The number of likely N-dealkylation sites (N-methyl/N-ethyl adjacent to an activating group) is 1. The molecule has 0 unspecified atom stereocenters. The zero-order valence-electron chi connectivity index (χ0n) is 14.3. The minimum Gasteiger partial charge on any atom is -0.325 e. The number of carbonyl (C=O) groups is 1. The monoisotopic (exact) mass is 346 g/mol. The quantitative estimate of drug-likeness (QED) is 0.905. The molecule has 24 heavy (non-hydrogen) atoms. The van der Waals surface area contributed by atoms with Gasteiger partial charge in [-0.3, -0.25) is 4.79 Å². The molecule has 128 valence electrons. The van der Waals surface area contributed by atoms with Crippen LogP contribution in [0.5, 0.6) is 0 Å². The van der Waals surface area contributed by atoms with Crippen molar-refractivity contribution in [2.75, 3.05) is 18.9 Å². The largest absolute Gasteiger partial charge is 0.325 e. The molecule has 2 aromatic rings. The summed E-state index contributed by atoms with van der Waals surface area (Å²) in [5.41, 5.74) is 3.83. The second kappa shape index (κ2) is 7.15. The zero-order valence-corrected chi connectivity index (χ0v) is 15.1. The molecule has 0 aliphatic carbocycles. The van der Waals surface area contributed by atoms with E-state index in [1.807, 2.05) is 32.9 Å². The maximum absolute atomic E-state index is 12.5. The van der Waals surface area contributed by atoms with Crippen molar-refractivity contribution in [3.05, 3.63) is 59.2 Å². The first-order valence-corrected chi connectivity index (χ1v) is 9.04. The number of rotatable bonds is 5. The third-order valence-electron chi connectivity index (χ3n) is 3.89. The summed E-state index contributed by atoms with van der Waals surface area (Å²) in [7, 11) is -2.29. The molecular weight excluding hydrogens is 324 g/mol. The molecule has 0 aromatic heterocycles. The third-order valence-corrected chi connectivity index (χ3v) is 5.70. The Morgan fingerprint density at radius 2 is 1.62 bits per heavy atom. The molecule has 1 N–H and O–H groups in total. The number of hydrogen-bond acceptors (Lipinski definition) is 3. The lowest BCUT2D eigenvalue weighted by Gasteiger charge is -2.17. The number of sulfonamides is 1. The fourth-order valence-corrected chi connectivity index (χ4v) is 3.32. The summed E-state index contributed by atoms with van der Waals surface area (Å²) in [5, 5.41) is 2.73. The molecule has 0 heterocycles. The average Bonchev–Trinajstić information content (AvgIpc) is 2.51. The highest BCUT2D eigenvalue weighted by atomic mass is 32.2. The van der Waals surface area contributed by atoms with Crippen LogP contribution in [0.15, 0.2) is 47.4 Å². The first-order valence-electron chi connectivity index (χ1n) is 7.60. The van der Waals surface area contributed by atoms with Crippen LogP contribution in [0.1, 0.15) is 16.7 Å². The van der Waals surface area contributed by atoms with Gasteiger partial charge in [0.05, 0.1) is 11.4 Å². The van der Waals surface area contributed by atoms with Gasteiger partial charge < -0.3 is 5.32 Å². The van der Waals surface area contributed by atoms with E-state index in [4.69, 9.17) is 0 Å². The summed E-state index contributed by atoms with van der Waals surface area (Å²) < 4.78 is 26.0. The van der Waals surface area contributed by atoms with E-state index >= 15 is 0 Å². The van der Waals surface area contributed by atoms with Gasteiger partial charge in [-0.1, -0.05) is 23.8 Å². The zero-order chi connectivity index (χ0) is 17.9. The molecule has 0 aliphatic heterocycles. The molecule has 2 rings (SSSR count). The number of hydrogen-bond donors (Lipinski definition) is 1. The van der Waals surface area contributed by atoms with Crippen molar-refractivity contribution < 1.29 is 13.2 Å². The predicted octanol–water partition coefficient (Wildman–Crippen LogP) is 2.87. The van der Waals surface area contributed by atoms with Crippen LogP contribution in [-0.2, 0) is 14.8 Å². The van der Waals surface area contributed by atoms with E-state index < -0.39 is 10.0 Å². The fourth-order valence-electron chi connectivity index (χ4n) is 2.20. The average molecular weight is 346 g/mol. The molecule has 2 aromatic carbocycles. The normalized spacial score (nSPS) is 11.5. The number of benzene rings is 2. The maximum atomic E-state index is 12.5. The Balaban J connectivity index is 2.07. The molecule has 0 radical (unpaired) electrons. The highest BCUT2D eigenvalue weighted by Crippen LogP contribution is 2.16. The van der Waals surface area contributed by atoms with E-state index in [9.17, 15) is 13.2 Å². The fraction of sp³-hybridized carbons (Fsp3) is 0.278. The third kappa shape index (κ3) is 4.21. The SMILES string of the molecule is Cc1ccc(S(=O)(=O)N(C)CC(=O)Nc2ccc(C)c(C)c2)cc1. The van der Waals surface area contributed by atoms with E-state index in [2.05, 4.69) is 5.32 Å². The minimum absolute atomic E-state index is 0.176. The van der Waals surface area contributed by atoms with Gasteiger partial charge in [0, 0.05) is 12.7 Å². The molecule has 0 saturated heterocycles. The number of amides is 1. The summed E-state index contributed by atoms with van der Waals surface area (Å²) in [6.45, 7) is 5.59. The minimum atomic E-state index is -3.69.